The van der Waals surface area contributed by atoms with E-state index in [1.54, 1.807) is 0 Å². The number of aromatic nitrogens is 1. The van der Waals surface area contributed by atoms with Crippen molar-refractivity contribution in [2.75, 3.05) is 13.7 Å². The van der Waals surface area contributed by atoms with Crippen LogP contribution in [0.4, 0.5) is 0 Å². The first-order valence-corrected chi connectivity index (χ1v) is 5.76. The van der Waals surface area contributed by atoms with E-state index in [1.807, 2.05) is 0 Å². The van der Waals surface area contributed by atoms with Gasteiger partial charge in [-0.15, -0.1) is 0 Å². The molecule has 1 rings (SSSR count). The Labute approximate surface area is 109 Å². The molecule has 1 unspecified atom stereocenters. The smallest absolute Gasteiger partial charge is 0.326 e. The van der Waals surface area contributed by atoms with Crippen LogP contribution in [0, 0.1) is 0 Å². The van der Waals surface area contributed by atoms with Gasteiger partial charge in [0.2, 0.25) is 5.56 Å². The number of amides is 1. The fourth-order valence-electron chi connectivity index (χ4n) is 1.51. The number of H-pyrrole nitrogens is 1. The largest absolute Gasteiger partial charge is 0.480 e. The fourth-order valence-corrected chi connectivity index (χ4v) is 1.51. The lowest BCUT2D eigenvalue weighted by atomic mass is 10.1. The van der Waals surface area contributed by atoms with Crippen molar-refractivity contribution in [1.82, 2.24) is 10.3 Å². The van der Waals surface area contributed by atoms with Crippen molar-refractivity contribution in [1.29, 1.82) is 0 Å². The summed E-state index contributed by atoms with van der Waals surface area (Å²) in [6.07, 6.45) is 0.769. The molecule has 0 saturated heterocycles. The number of ether oxygens (including phenoxy) is 1. The average molecular weight is 268 g/mol. The van der Waals surface area contributed by atoms with Gasteiger partial charge in [0.05, 0.1) is 0 Å². The van der Waals surface area contributed by atoms with Crippen LogP contribution in [0.2, 0.25) is 0 Å². The van der Waals surface area contributed by atoms with Crippen LogP contribution in [0.15, 0.2) is 23.0 Å². The first-order chi connectivity index (χ1) is 9.04. The summed E-state index contributed by atoms with van der Waals surface area (Å²) in [7, 11) is 1.52. The highest BCUT2D eigenvalue weighted by atomic mass is 16.5. The number of hydrogen-bond donors (Lipinski definition) is 3. The Kier molecular flexibility index (Phi) is 5.74. The van der Waals surface area contributed by atoms with E-state index < -0.39 is 23.5 Å². The highest BCUT2D eigenvalue weighted by molar-refractivity contribution is 5.94. The van der Waals surface area contributed by atoms with Crippen LogP contribution in [0.25, 0.3) is 0 Å². The Bertz CT molecular complexity index is 497. The number of carbonyl (C=O) groups is 2. The third kappa shape index (κ3) is 4.92. The van der Waals surface area contributed by atoms with E-state index in [9.17, 15) is 14.4 Å². The molecule has 1 aromatic heterocycles. The third-order valence-corrected chi connectivity index (χ3v) is 2.46. The molecule has 1 atom stereocenters. The van der Waals surface area contributed by atoms with Crippen molar-refractivity contribution in [3.63, 3.8) is 0 Å². The second-order valence-electron chi connectivity index (χ2n) is 3.93. The van der Waals surface area contributed by atoms with E-state index in [2.05, 4.69) is 10.3 Å². The maximum Gasteiger partial charge on any atom is 0.326 e. The molecule has 7 heteroatoms. The minimum absolute atomic E-state index is 0.0329. The molecule has 1 aromatic rings. The molecule has 0 aliphatic carbocycles. The topological polar surface area (TPSA) is 108 Å². The van der Waals surface area contributed by atoms with Crippen molar-refractivity contribution in [2.24, 2.45) is 0 Å². The predicted molar refractivity (Wildman–Crippen MR) is 67.1 cm³/mol. The monoisotopic (exact) mass is 268 g/mol. The second-order valence-corrected chi connectivity index (χ2v) is 3.93. The first kappa shape index (κ1) is 14.9. The van der Waals surface area contributed by atoms with E-state index in [0.29, 0.717) is 13.0 Å². The molecule has 19 heavy (non-hydrogen) atoms. The summed E-state index contributed by atoms with van der Waals surface area (Å²) in [6, 6.07) is 3.09. The van der Waals surface area contributed by atoms with E-state index in [-0.39, 0.29) is 12.1 Å². The highest BCUT2D eigenvalue weighted by Gasteiger charge is 2.20. The molecule has 0 aliphatic rings. The summed E-state index contributed by atoms with van der Waals surface area (Å²) in [5.41, 5.74) is -0.385. The van der Waals surface area contributed by atoms with Crippen molar-refractivity contribution in [3.8, 4) is 0 Å². The summed E-state index contributed by atoms with van der Waals surface area (Å²) in [5.74, 6) is -1.75. The molecule has 1 heterocycles. The van der Waals surface area contributed by atoms with E-state index in [0.717, 1.165) is 0 Å². The molecule has 0 radical (unpaired) electrons. The van der Waals surface area contributed by atoms with Crippen LogP contribution < -0.4 is 10.9 Å². The number of nitrogens with one attached hydrogen (secondary N) is 2. The second kappa shape index (κ2) is 7.32. The molecule has 0 fully saturated rings. The van der Waals surface area contributed by atoms with Gasteiger partial charge < -0.3 is 20.1 Å². The Morgan fingerprint density at radius 2 is 2.21 bits per heavy atom. The van der Waals surface area contributed by atoms with Gasteiger partial charge in [0, 0.05) is 19.8 Å². The van der Waals surface area contributed by atoms with Crippen LogP contribution in [-0.4, -0.2) is 41.7 Å². The minimum Gasteiger partial charge on any atom is -0.480 e. The van der Waals surface area contributed by atoms with Crippen LogP contribution in [0.5, 0.6) is 0 Å². The summed E-state index contributed by atoms with van der Waals surface area (Å²) in [5, 5.41) is 11.4. The first-order valence-electron chi connectivity index (χ1n) is 5.76. The maximum absolute atomic E-state index is 11.8. The average Bonchev–Trinajstić information content (AvgIpc) is 2.37. The van der Waals surface area contributed by atoms with Gasteiger partial charge in [-0.25, -0.2) is 4.79 Å². The minimum atomic E-state index is -1.12. The highest BCUT2D eigenvalue weighted by Crippen LogP contribution is 2.00. The van der Waals surface area contributed by atoms with Crippen molar-refractivity contribution in [2.45, 2.75) is 18.9 Å². The number of aliphatic carboxylic acids is 1. The molecular formula is C12H16N2O5. The van der Waals surface area contributed by atoms with Gasteiger partial charge in [-0.2, -0.15) is 0 Å². The summed E-state index contributed by atoms with van der Waals surface area (Å²) < 4.78 is 4.82. The number of methoxy groups -OCH3 is 1. The summed E-state index contributed by atoms with van der Waals surface area (Å²) in [6.45, 7) is 0.418. The van der Waals surface area contributed by atoms with Gasteiger partial charge in [0.25, 0.3) is 5.91 Å². The number of aromatic amines is 1. The zero-order valence-electron chi connectivity index (χ0n) is 10.5. The molecule has 0 spiro atoms. The molecular weight excluding hydrogens is 252 g/mol. The quantitative estimate of drug-likeness (QED) is 0.602. The van der Waals surface area contributed by atoms with Gasteiger partial charge in [-0.3, -0.25) is 9.59 Å². The van der Waals surface area contributed by atoms with E-state index >= 15 is 0 Å². The molecule has 7 nitrogen and oxygen atoms in total. The van der Waals surface area contributed by atoms with Crippen molar-refractivity contribution in [3.05, 3.63) is 34.2 Å². The Morgan fingerprint density at radius 3 is 2.79 bits per heavy atom. The lowest BCUT2D eigenvalue weighted by Crippen LogP contribution is -2.41. The number of carboxylic acids is 1. The van der Waals surface area contributed by atoms with Gasteiger partial charge in [0.1, 0.15) is 11.7 Å². The van der Waals surface area contributed by atoms with E-state index in [1.165, 1.54) is 25.3 Å². The normalized spacial score (nSPS) is 11.8. The van der Waals surface area contributed by atoms with E-state index in [4.69, 9.17) is 9.84 Å². The van der Waals surface area contributed by atoms with Gasteiger partial charge in [-0.05, 0) is 18.9 Å². The summed E-state index contributed by atoms with van der Waals surface area (Å²) in [4.78, 5) is 36.2. The predicted octanol–water partition coefficient (Wildman–Crippen LogP) is -0.0155. The molecule has 104 valence electrons. The lowest BCUT2D eigenvalue weighted by Gasteiger charge is -2.14. The number of carboxylic acid groups (broad SMARTS) is 1. The van der Waals surface area contributed by atoms with Gasteiger partial charge in [-0.1, -0.05) is 6.07 Å². The Morgan fingerprint density at radius 1 is 1.47 bits per heavy atom. The zero-order valence-corrected chi connectivity index (χ0v) is 10.5. The molecule has 3 N–H and O–H groups in total. The van der Waals surface area contributed by atoms with Crippen LogP contribution in [0.1, 0.15) is 23.3 Å². The molecule has 0 bridgehead atoms. The third-order valence-electron chi connectivity index (χ3n) is 2.46. The van der Waals surface area contributed by atoms with Crippen LogP contribution in [-0.2, 0) is 9.53 Å². The Balaban J connectivity index is 2.66. The summed E-state index contributed by atoms with van der Waals surface area (Å²) >= 11 is 0. The Hall–Kier alpha value is -2.15. The molecule has 0 aromatic carbocycles. The molecule has 0 aliphatic heterocycles. The maximum atomic E-state index is 11.8. The molecule has 0 saturated carbocycles. The number of carbonyl (C=O) groups excluding carboxylic acids is 1. The van der Waals surface area contributed by atoms with Crippen molar-refractivity contribution >= 4 is 11.9 Å². The number of hydrogen-bond acceptors (Lipinski definition) is 4. The van der Waals surface area contributed by atoms with Gasteiger partial charge >= 0.3 is 5.97 Å². The SMILES string of the molecule is COCCCC(NC(=O)c1cccc(=O)[nH]1)C(=O)O. The zero-order chi connectivity index (χ0) is 14.3. The van der Waals surface area contributed by atoms with Crippen LogP contribution >= 0.6 is 0 Å². The van der Waals surface area contributed by atoms with Crippen molar-refractivity contribution < 1.29 is 19.4 Å². The lowest BCUT2D eigenvalue weighted by molar-refractivity contribution is -0.139. The van der Waals surface area contributed by atoms with Crippen LogP contribution in [0.3, 0.4) is 0 Å². The van der Waals surface area contributed by atoms with Gasteiger partial charge in [0.15, 0.2) is 0 Å². The number of rotatable bonds is 7. The molecule has 1 amide bonds. The standard InChI is InChI=1S/C12H16N2O5/c1-19-7-3-5-9(12(17)18)14-11(16)8-4-2-6-10(15)13-8/h2,4,6,9H,3,5,7H2,1H3,(H,13,15)(H,14,16)(H,17,18). The number of pyridine rings is 1. The fraction of sp³-hybridized carbons (Fsp3) is 0.417.